The number of benzene rings is 1. The van der Waals surface area contributed by atoms with E-state index in [4.69, 9.17) is 0 Å². The molecule has 0 amide bonds. The summed E-state index contributed by atoms with van der Waals surface area (Å²) in [6.45, 7) is 2.81. The Kier molecular flexibility index (Phi) is 6.30. The molecule has 0 saturated heterocycles. The highest BCUT2D eigenvalue weighted by Gasteiger charge is 2.16. The minimum atomic E-state index is -2.94. The molecule has 1 atom stereocenters. The van der Waals surface area contributed by atoms with Gasteiger partial charge in [-0.15, -0.1) is 0 Å². The molecule has 1 rings (SSSR count). The highest BCUT2D eigenvalue weighted by atomic mass is 79.9. The Labute approximate surface area is 126 Å². The first-order valence-electron chi connectivity index (χ1n) is 5.69. The van der Waals surface area contributed by atoms with Crippen LogP contribution in [0, 0.1) is 0 Å². The minimum absolute atomic E-state index is 0.0385. The molecule has 18 heavy (non-hydrogen) atoms. The van der Waals surface area contributed by atoms with E-state index < -0.39 is 9.84 Å². The Balaban J connectivity index is 2.93. The van der Waals surface area contributed by atoms with Gasteiger partial charge in [0.25, 0.3) is 0 Å². The van der Waals surface area contributed by atoms with E-state index >= 15 is 0 Å². The van der Waals surface area contributed by atoms with Crippen LogP contribution < -0.4 is 5.32 Å². The summed E-state index contributed by atoms with van der Waals surface area (Å²) in [6.07, 6.45) is 1.84. The zero-order valence-corrected chi connectivity index (χ0v) is 14.4. The maximum Gasteiger partial charge on any atom is 0.147 e. The van der Waals surface area contributed by atoms with Crippen molar-refractivity contribution in [3.63, 3.8) is 0 Å². The van der Waals surface area contributed by atoms with Gasteiger partial charge in [-0.05, 0) is 36.7 Å². The molecule has 1 N–H and O–H groups in total. The van der Waals surface area contributed by atoms with E-state index in [1.165, 1.54) is 6.26 Å². The van der Waals surface area contributed by atoms with Crippen molar-refractivity contribution in [1.82, 2.24) is 5.32 Å². The molecule has 0 saturated carbocycles. The lowest BCUT2D eigenvalue weighted by Crippen LogP contribution is -2.23. The molecule has 1 aromatic rings. The van der Waals surface area contributed by atoms with E-state index in [2.05, 4.69) is 37.2 Å². The van der Waals surface area contributed by atoms with Crippen LogP contribution in [0.3, 0.4) is 0 Å². The SMILES string of the molecule is CCNC(CCS(C)(=O)=O)c1cc(Br)ccc1Br. The monoisotopic (exact) mass is 397 g/mol. The summed E-state index contributed by atoms with van der Waals surface area (Å²) in [4.78, 5) is 0. The third-order valence-electron chi connectivity index (χ3n) is 2.56. The summed E-state index contributed by atoms with van der Waals surface area (Å²) >= 11 is 6.95. The van der Waals surface area contributed by atoms with Crippen molar-refractivity contribution in [3.8, 4) is 0 Å². The molecule has 0 radical (unpaired) electrons. The Morgan fingerprint density at radius 1 is 1.33 bits per heavy atom. The topological polar surface area (TPSA) is 46.2 Å². The van der Waals surface area contributed by atoms with E-state index in [0.717, 1.165) is 21.1 Å². The van der Waals surface area contributed by atoms with Crippen molar-refractivity contribution < 1.29 is 8.42 Å². The summed E-state index contributed by atoms with van der Waals surface area (Å²) in [6, 6.07) is 5.97. The number of hydrogen-bond acceptors (Lipinski definition) is 3. The lowest BCUT2D eigenvalue weighted by Gasteiger charge is -2.19. The van der Waals surface area contributed by atoms with Gasteiger partial charge in [-0.3, -0.25) is 0 Å². The van der Waals surface area contributed by atoms with Crippen LogP contribution in [0.25, 0.3) is 0 Å². The molecule has 6 heteroatoms. The fraction of sp³-hybridized carbons (Fsp3) is 0.500. The summed E-state index contributed by atoms with van der Waals surface area (Å²) in [5.74, 6) is 0.184. The van der Waals surface area contributed by atoms with Gasteiger partial charge < -0.3 is 5.32 Å². The molecule has 0 bridgehead atoms. The highest BCUT2D eigenvalue weighted by Crippen LogP contribution is 2.29. The summed E-state index contributed by atoms with van der Waals surface area (Å²) < 4.78 is 24.5. The average Bonchev–Trinajstić information content (AvgIpc) is 2.26. The Morgan fingerprint density at radius 2 is 2.00 bits per heavy atom. The molecule has 0 spiro atoms. The molecule has 1 unspecified atom stereocenters. The summed E-state index contributed by atoms with van der Waals surface area (Å²) in [5, 5.41) is 3.32. The lowest BCUT2D eigenvalue weighted by molar-refractivity contribution is 0.528. The fourth-order valence-corrected chi connectivity index (χ4v) is 3.29. The van der Waals surface area contributed by atoms with Crippen molar-refractivity contribution >= 4 is 41.7 Å². The molecule has 0 fully saturated rings. The van der Waals surface area contributed by atoms with Crippen LogP contribution in [0.4, 0.5) is 0 Å². The number of halogens is 2. The lowest BCUT2D eigenvalue weighted by atomic mass is 10.0. The molecular formula is C12H17Br2NO2S. The van der Waals surface area contributed by atoms with Gasteiger partial charge in [0.1, 0.15) is 9.84 Å². The van der Waals surface area contributed by atoms with Gasteiger partial charge in [0.2, 0.25) is 0 Å². The number of rotatable bonds is 6. The van der Waals surface area contributed by atoms with Gasteiger partial charge in [-0.1, -0.05) is 38.8 Å². The Hall–Kier alpha value is 0.0900. The molecule has 0 aromatic heterocycles. The van der Waals surface area contributed by atoms with Crippen molar-refractivity contribution in [2.45, 2.75) is 19.4 Å². The molecule has 3 nitrogen and oxygen atoms in total. The maximum atomic E-state index is 11.3. The van der Waals surface area contributed by atoms with Crippen LogP contribution in [0.1, 0.15) is 24.9 Å². The van der Waals surface area contributed by atoms with E-state index in [9.17, 15) is 8.42 Å². The standard InChI is InChI=1S/C12H17Br2NO2S/c1-3-15-12(6-7-18(2,16)17)10-8-9(13)4-5-11(10)14/h4-5,8,12,15H,3,6-7H2,1-2H3. The van der Waals surface area contributed by atoms with Crippen molar-refractivity contribution in [2.24, 2.45) is 0 Å². The minimum Gasteiger partial charge on any atom is -0.310 e. The molecule has 0 aliphatic heterocycles. The van der Waals surface area contributed by atoms with E-state index in [1.54, 1.807) is 0 Å². The van der Waals surface area contributed by atoms with Crippen molar-refractivity contribution in [3.05, 3.63) is 32.7 Å². The van der Waals surface area contributed by atoms with Crippen LogP contribution >= 0.6 is 31.9 Å². The van der Waals surface area contributed by atoms with E-state index in [1.807, 2.05) is 25.1 Å². The van der Waals surface area contributed by atoms with Crippen molar-refractivity contribution in [2.75, 3.05) is 18.6 Å². The zero-order chi connectivity index (χ0) is 13.8. The first kappa shape index (κ1) is 16.1. The van der Waals surface area contributed by atoms with Crippen LogP contribution in [0.15, 0.2) is 27.1 Å². The molecular weight excluding hydrogens is 382 g/mol. The largest absolute Gasteiger partial charge is 0.310 e. The third kappa shape index (κ3) is 5.38. The van der Waals surface area contributed by atoms with E-state index in [-0.39, 0.29) is 11.8 Å². The van der Waals surface area contributed by atoms with Gasteiger partial charge in [0.15, 0.2) is 0 Å². The van der Waals surface area contributed by atoms with Crippen molar-refractivity contribution in [1.29, 1.82) is 0 Å². The second-order valence-corrected chi connectivity index (χ2v) is 8.22. The predicted molar refractivity (Wildman–Crippen MR) is 82.6 cm³/mol. The number of hydrogen-bond donors (Lipinski definition) is 1. The maximum absolute atomic E-state index is 11.3. The molecule has 0 aliphatic rings. The summed E-state index contributed by atoms with van der Waals surface area (Å²) in [7, 11) is -2.94. The molecule has 1 aromatic carbocycles. The van der Waals surface area contributed by atoms with Crippen LogP contribution in [-0.4, -0.2) is 27.0 Å². The third-order valence-corrected chi connectivity index (χ3v) is 4.75. The Bertz CT molecular complexity index is 503. The second kappa shape index (κ2) is 7.03. The number of nitrogens with one attached hydrogen (secondary N) is 1. The first-order valence-corrected chi connectivity index (χ1v) is 9.34. The highest BCUT2D eigenvalue weighted by molar-refractivity contribution is 9.11. The first-order chi connectivity index (χ1) is 8.33. The van der Waals surface area contributed by atoms with E-state index in [0.29, 0.717) is 6.42 Å². The van der Waals surface area contributed by atoms with Gasteiger partial charge in [0.05, 0.1) is 5.75 Å². The Morgan fingerprint density at radius 3 is 2.56 bits per heavy atom. The van der Waals surface area contributed by atoms with Gasteiger partial charge >= 0.3 is 0 Å². The predicted octanol–water partition coefficient (Wildman–Crippen LogP) is 3.30. The summed E-state index contributed by atoms with van der Waals surface area (Å²) in [5.41, 5.74) is 1.08. The smallest absolute Gasteiger partial charge is 0.147 e. The number of sulfone groups is 1. The molecule has 0 heterocycles. The zero-order valence-electron chi connectivity index (χ0n) is 10.4. The second-order valence-electron chi connectivity index (χ2n) is 4.19. The van der Waals surface area contributed by atoms with Gasteiger partial charge in [-0.25, -0.2) is 8.42 Å². The van der Waals surface area contributed by atoms with Gasteiger partial charge in [0, 0.05) is 21.2 Å². The average molecular weight is 399 g/mol. The molecule has 102 valence electrons. The van der Waals surface area contributed by atoms with Crippen LogP contribution in [0.5, 0.6) is 0 Å². The fourth-order valence-electron chi connectivity index (χ4n) is 1.73. The van der Waals surface area contributed by atoms with Gasteiger partial charge in [-0.2, -0.15) is 0 Å². The molecule has 0 aliphatic carbocycles. The van der Waals surface area contributed by atoms with Crippen LogP contribution in [-0.2, 0) is 9.84 Å². The van der Waals surface area contributed by atoms with Crippen LogP contribution in [0.2, 0.25) is 0 Å². The normalized spacial score (nSPS) is 13.6. The quantitative estimate of drug-likeness (QED) is 0.799.